The van der Waals surface area contributed by atoms with E-state index in [1.54, 1.807) is 0 Å². The molecule has 1 aliphatic carbocycles. The van der Waals surface area contributed by atoms with E-state index in [1.807, 2.05) is 13.8 Å². The van der Waals surface area contributed by atoms with Crippen molar-refractivity contribution < 1.29 is 13.2 Å². The first-order chi connectivity index (χ1) is 7.27. The van der Waals surface area contributed by atoms with E-state index in [1.165, 1.54) is 0 Å². The molecule has 0 heterocycles. The minimum absolute atomic E-state index is 0.101. The predicted molar refractivity (Wildman–Crippen MR) is 57.1 cm³/mol. The van der Waals surface area contributed by atoms with Crippen molar-refractivity contribution in [2.75, 3.05) is 13.1 Å². The summed E-state index contributed by atoms with van der Waals surface area (Å²) < 4.78 is 37.6. The first-order valence-electron chi connectivity index (χ1n) is 5.37. The normalized spacial score (nSPS) is 20.0. The fourth-order valence-corrected chi connectivity index (χ4v) is 1.28. The number of nitrogens with zero attached hydrogens (tertiary/aromatic N) is 1. The monoisotopic (exact) mass is 237 g/mol. The molecule has 0 radical (unpaired) electrons. The SMILES string of the molecule is CC(C)CNC(N)=NCC1(C(F)(F)F)CC1. The molecule has 16 heavy (non-hydrogen) atoms. The number of alkyl halides is 3. The zero-order valence-corrected chi connectivity index (χ0v) is 9.56. The Morgan fingerprint density at radius 2 is 2.00 bits per heavy atom. The molecule has 1 saturated carbocycles. The van der Waals surface area contributed by atoms with Gasteiger partial charge in [-0.15, -0.1) is 0 Å². The number of nitrogens with one attached hydrogen (secondary N) is 1. The third-order valence-corrected chi connectivity index (χ3v) is 2.70. The lowest BCUT2D eigenvalue weighted by molar-refractivity contribution is -0.183. The minimum Gasteiger partial charge on any atom is -0.370 e. The van der Waals surface area contributed by atoms with Gasteiger partial charge in [-0.25, -0.2) is 0 Å². The molecular weight excluding hydrogens is 219 g/mol. The van der Waals surface area contributed by atoms with E-state index in [2.05, 4.69) is 10.3 Å². The second kappa shape index (κ2) is 4.51. The molecule has 0 spiro atoms. The Morgan fingerprint density at radius 1 is 1.44 bits per heavy atom. The van der Waals surface area contributed by atoms with Gasteiger partial charge in [-0.05, 0) is 18.8 Å². The van der Waals surface area contributed by atoms with Crippen LogP contribution in [0.3, 0.4) is 0 Å². The lowest BCUT2D eigenvalue weighted by Crippen LogP contribution is -2.36. The van der Waals surface area contributed by atoms with Crippen molar-refractivity contribution in [3.63, 3.8) is 0 Å². The Kier molecular flexibility index (Phi) is 3.70. The fraction of sp³-hybridized carbons (Fsp3) is 0.900. The van der Waals surface area contributed by atoms with Gasteiger partial charge < -0.3 is 11.1 Å². The van der Waals surface area contributed by atoms with E-state index in [0.29, 0.717) is 12.5 Å². The van der Waals surface area contributed by atoms with E-state index in [-0.39, 0.29) is 25.3 Å². The number of nitrogens with two attached hydrogens (primary N) is 1. The van der Waals surface area contributed by atoms with Gasteiger partial charge in [0.2, 0.25) is 0 Å². The highest BCUT2D eigenvalue weighted by atomic mass is 19.4. The van der Waals surface area contributed by atoms with Crippen LogP contribution in [0, 0.1) is 11.3 Å². The van der Waals surface area contributed by atoms with Gasteiger partial charge in [0, 0.05) is 6.54 Å². The first-order valence-corrected chi connectivity index (χ1v) is 5.37. The summed E-state index contributed by atoms with van der Waals surface area (Å²) in [6, 6.07) is 0. The molecule has 0 aromatic rings. The summed E-state index contributed by atoms with van der Waals surface area (Å²) in [6.45, 7) is 4.33. The predicted octanol–water partition coefficient (Wildman–Crippen LogP) is 1.89. The van der Waals surface area contributed by atoms with Crippen molar-refractivity contribution in [3.05, 3.63) is 0 Å². The summed E-state index contributed by atoms with van der Waals surface area (Å²) in [7, 11) is 0. The topological polar surface area (TPSA) is 50.4 Å². The molecule has 3 N–H and O–H groups in total. The molecule has 1 fully saturated rings. The third-order valence-electron chi connectivity index (χ3n) is 2.70. The molecular formula is C10H18F3N3. The zero-order chi connectivity index (χ0) is 12.4. The van der Waals surface area contributed by atoms with Crippen LogP contribution in [0.15, 0.2) is 4.99 Å². The Labute approximate surface area is 93.3 Å². The van der Waals surface area contributed by atoms with E-state index >= 15 is 0 Å². The van der Waals surface area contributed by atoms with Crippen LogP contribution in [0.4, 0.5) is 13.2 Å². The Bertz CT molecular complexity index is 267. The Balaban J connectivity index is 2.41. The number of guanidine groups is 1. The van der Waals surface area contributed by atoms with Crippen LogP contribution in [-0.4, -0.2) is 25.2 Å². The van der Waals surface area contributed by atoms with Gasteiger partial charge >= 0.3 is 6.18 Å². The summed E-state index contributed by atoms with van der Waals surface area (Å²) >= 11 is 0. The van der Waals surface area contributed by atoms with Crippen LogP contribution in [0.1, 0.15) is 26.7 Å². The first kappa shape index (κ1) is 13.1. The largest absolute Gasteiger partial charge is 0.396 e. The van der Waals surface area contributed by atoms with Gasteiger partial charge in [0.05, 0.1) is 12.0 Å². The van der Waals surface area contributed by atoms with Crippen molar-refractivity contribution >= 4 is 5.96 Å². The van der Waals surface area contributed by atoms with E-state index in [9.17, 15) is 13.2 Å². The quantitative estimate of drug-likeness (QED) is 0.579. The standard InChI is InChI=1S/C10H18F3N3/c1-7(2)5-15-8(14)16-6-9(3-4-9)10(11,12)13/h7H,3-6H2,1-2H3,(H3,14,15,16). The molecule has 94 valence electrons. The van der Waals surface area contributed by atoms with Crippen molar-refractivity contribution in [2.45, 2.75) is 32.9 Å². The molecule has 0 saturated heterocycles. The summed E-state index contributed by atoms with van der Waals surface area (Å²) in [4.78, 5) is 3.76. The molecule has 1 rings (SSSR count). The maximum atomic E-state index is 12.5. The summed E-state index contributed by atoms with van der Waals surface area (Å²) in [6.07, 6.45) is -3.83. The van der Waals surface area contributed by atoms with Crippen LogP contribution < -0.4 is 11.1 Å². The van der Waals surface area contributed by atoms with Crippen molar-refractivity contribution in [3.8, 4) is 0 Å². The van der Waals surface area contributed by atoms with Gasteiger partial charge in [0.15, 0.2) is 5.96 Å². The summed E-state index contributed by atoms with van der Waals surface area (Å²) in [5.41, 5.74) is 3.87. The number of hydrogen-bond donors (Lipinski definition) is 2. The average molecular weight is 237 g/mol. The van der Waals surface area contributed by atoms with Gasteiger partial charge in [-0.2, -0.15) is 13.2 Å². The molecule has 0 aromatic heterocycles. The van der Waals surface area contributed by atoms with Gasteiger partial charge in [-0.3, -0.25) is 4.99 Å². The van der Waals surface area contributed by atoms with Crippen molar-refractivity contribution in [1.29, 1.82) is 0 Å². The highest BCUT2D eigenvalue weighted by Crippen LogP contribution is 2.57. The molecule has 3 nitrogen and oxygen atoms in total. The molecule has 0 aromatic carbocycles. The van der Waals surface area contributed by atoms with Gasteiger partial charge in [0.1, 0.15) is 0 Å². The second-order valence-electron chi connectivity index (χ2n) is 4.75. The van der Waals surface area contributed by atoms with Crippen LogP contribution in [0.2, 0.25) is 0 Å². The minimum atomic E-state index is -4.16. The van der Waals surface area contributed by atoms with Crippen LogP contribution in [0.5, 0.6) is 0 Å². The number of rotatable bonds is 4. The fourth-order valence-electron chi connectivity index (χ4n) is 1.28. The summed E-state index contributed by atoms with van der Waals surface area (Å²) in [5, 5.41) is 2.79. The summed E-state index contributed by atoms with van der Waals surface area (Å²) in [5.74, 6) is 0.482. The zero-order valence-electron chi connectivity index (χ0n) is 9.56. The maximum Gasteiger partial charge on any atom is 0.396 e. The smallest absolute Gasteiger partial charge is 0.370 e. The average Bonchev–Trinajstić information content (AvgIpc) is 2.91. The van der Waals surface area contributed by atoms with E-state index < -0.39 is 11.6 Å². The third kappa shape index (κ3) is 3.28. The molecule has 0 aliphatic heterocycles. The number of hydrogen-bond acceptors (Lipinski definition) is 1. The van der Waals surface area contributed by atoms with Crippen molar-refractivity contribution in [2.24, 2.45) is 22.1 Å². The molecule has 1 aliphatic rings. The van der Waals surface area contributed by atoms with Crippen LogP contribution >= 0.6 is 0 Å². The van der Waals surface area contributed by atoms with E-state index in [4.69, 9.17) is 5.73 Å². The lowest BCUT2D eigenvalue weighted by atomic mass is 10.1. The van der Waals surface area contributed by atoms with Crippen LogP contribution in [-0.2, 0) is 0 Å². The van der Waals surface area contributed by atoms with E-state index in [0.717, 1.165) is 0 Å². The molecule has 0 amide bonds. The second-order valence-corrected chi connectivity index (χ2v) is 4.75. The maximum absolute atomic E-state index is 12.5. The Morgan fingerprint density at radius 3 is 2.38 bits per heavy atom. The molecule has 0 atom stereocenters. The molecule has 0 bridgehead atoms. The Hall–Kier alpha value is -0.940. The highest BCUT2D eigenvalue weighted by molar-refractivity contribution is 5.77. The van der Waals surface area contributed by atoms with Gasteiger partial charge in [-0.1, -0.05) is 13.8 Å². The molecule has 0 unspecified atom stereocenters. The number of aliphatic imine (C=N–C) groups is 1. The molecule has 6 heteroatoms. The highest BCUT2D eigenvalue weighted by Gasteiger charge is 2.63. The number of halogens is 3. The van der Waals surface area contributed by atoms with Gasteiger partial charge in [0.25, 0.3) is 0 Å². The van der Waals surface area contributed by atoms with Crippen LogP contribution in [0.25, 0.3) is 0 Å². The van der Waals surface area contributed by atoms with Crippen molar-refractivity contribution in [1.82, 2.24) is 5.32 Å². The lowest BCUT2D eigenvalue weighted by Gasteiger charge is -2.17.